The number of nitrogens with zero attached hydrogens (tertiary/aromatic N) is 3. The number of fused-ring (bicyclic) bond motifs is 1. The quantitative estimate of drug-likeness (QED) is 0.622. The van der Waals surface area contributed by atoms with Gasteiger partial charge in [0.05, 0.1) is 17.4 Å². The van der Waals surface area contributed by atoms with Crippen LogP contribution in [-0.2, 0) is 20.9 Å². The van der Waals surface area contributed by atoms with Crippen LogP contribution in [0.1, 0.15) is 12.2 Å². The largest absolute Gasteiger partial charge is 0.490 e. The molecule has 0 spiro atoms. The monoisotopic (exact) mass is 443 g/mol. The molecule has 2 aromatic rings. The first-order valence-corrected chi connectivity index (χ1v) is 8.76. The Morgan fingerprint density at radius 1 is 1.13 bits per heavy atom. The molecule has 1 aliphatic heterocycles. The number of carboxylic acids is 3. The van der Waals surface area contributed by atoms with Crippen LogP contribution in [0.25, 0.3) is 11.3 Å². The fourth-order valence-electron chi connectivity index (χ4n) is 3.77. The number of aliphatic carboxylic acids is 3. The highest BCUT2D eigenvalue weighted by molar-refractivity contribution is 5.94. The van der Waals surface area contributed by atoms with Gasteiger partial charge in [-0.1, -0.05) is 5.16 Å². The Bertz CT molecular complexity index is 982. The highest BCUT2D eigenvalue weighted by Gasteiger charge is 2.80. The lowest BCUT2D eigenvalue weighted by atomic mass is 9.97. The second-order valence-electron chi connectivity index (χ2n) is 7.32. The number of carbonyl (C=O) groups is 3. The van der Waals surface area contributed by atoms with Crippen molar-refractivity contribution in [3.63, 3.8) is 0 Å². The zero-order chi connectivity index (χ0) is 23.0. The van der Waals surface area contributed by atoms with Crippen LogP contribution in [-0.4, -0.2) is 67.5 Å². The summed E-state index contributed by atoms with van der Waals surface area (Å²) in [5, 5.41) is 30.0. The average Bonchev–Trinajstić information content (AvgIpc) is 2.99. The Kier molecular flexibility index (Phi) is 5.48. The number of piperidine rings is 1. The van der Waals surface area contributed by atoms with E-state index in [2.05, 4.69) is 10.1 Å². The van der Waals surface area contributed by atoms with Crippen molar-refractivity contribution in [2.24, 2.45) is 10.8 Å². The molecular weight excluding hydrogens is 427 g/mol. The van der Waals surface area contributed by atoms with Crippen LogP contribution in [0.3, 0.4) is 0 Å². The molecule has 1 aliphatic carbocycles. The standard InChI is InChI=1S/C16H15N3O5.C2HF3O2/c20-13(21)15-7-16(15,14(22)23)9-19(8-15)6-11-4-12(18-24-11)10-2-1-3-17-5-10;3-2(4,5)1(6)7/h1-5H,6-9H2,(H,20,21)(H,22,23);(H,6,7)/t15-,16+;. The van der Waals surface area contributed by atoms with E-state index in [-0.39, 0.29) is 19.5 Å². The van der Waals surface area contributed by atoms with E-state index in [1.54, 1.807) is 29.4 Å². The van der Waals surface area contributed by atoms with E-state index in [1.807, 2.05) is 6.07 Å². The topological polar surface area (TPSA) is 154 Å². The predicted octanol–water partition coefficient (Wildman–Crippen LogP) is 1.73. The van der Waals surface area contributed by atoms with Gasteiger partial charge < -0.3 is 19.8 Å². The SMILES string of the molecule is O=C(O)C(F)(F)F.O=C(O)[C@@]12CN(Cc3cc(-c4cccnc4)no3)C[C@]1(C(=O)O)C2. The van der Waals surface area contributed by atoms with Crippen molar-refractivity contribution in [3.8, 4) is 11.3 Å². The number of hydrogen-bond donors (Lipinski definition) is 3. The molecule has 13 heteroatoms. The minimum absolute atomic E-state index is 0.193. The van der Waals surface area contributed by atoms with E-state index in [0.717, 1.165) is 5.56 Å². The minimum Gasteiger partial charge on any atom is -0.481 e. The van der Waals surface area contributed by atoms with Gasteiger partial charge in [0.15, 0.2) is 5.76 Å². The summed E-state index contributed by atoms with van der Waals surface area (Å²) in [5.41, 5.74) is -0.889. The van der Waals surface area contributed by atoms with Crippen molar-refractivity contribution in [1.82, 2.24) is 15.0 Å². The van der Waals surface area contributed by atoms with Crippen LogP contribution >= 0.6 is 0 Å². The Morgan fingerprint density at radius 3 is 2.16 bits per heavy atom. The molecule has 0 bridgehead atoms. The lowest BCUT2D eigenvalue weighted by molar-refractivity contribution is -0.192. The molecule has 0 amide bonds. The van der Waals surface area contributed by atoms with E-state index in [4.69, 9.17) is 14.4 Å². The zero-order valence-corrected chi connectivity index (χ0v) is 15.7. The van der Waals surface area contributed by atoms with E-state index in [0.29, 0.717) is 18.0 Å². The highest BCUT2D eigenvalue weighted by Crippen LogP contribution is 2.68. The van der Waals surface area contributed by atoms with Crippen molar-refractivity contribution in [3.05, 3.63) is 36.4 Å². The van der Waals surface area contributed by atoms with Gasteiger partial charge in [-0.15, -0.1) is 0 Å². The molecule has 2 aliphatic rings. The number of halogens is 3. The third-order valence-corrected chi connectivity index (χ3v) is 5.34. The normalized spacial score (nSPS) is 24.6. The lowest BCUT2D eigenvalue weighted by Gasteiger charge is -2.17. The van der Waals surface area contributed by atoms with Gasteiger partial charge in [-0.05, 0) is 18.6 Å². The number of pyridine rings is 1. The zero-order valence-electron chi connectivity index (χ0n) is 15.7. The smallest absolute Gasteiger partial charge is 0.481 e. The summed E-state index contributed by atoms with van der Waals surface area (Å²) < 4.78 is 37.0. The van der Waals surface area contributed by atoms with E-state index in [1.165, 1.54) is 0 Å². The van der Waals surface area contributed by atoms with Crippen LogP contribution in [0.4, 0.5) is 13.2 Å². The molecule has 2 fully saturated rings. The van der Waals surface area contributed by atoms with Crippen molar-refractivity contribution in [1.29, 1.82) is 0 Å². The Morgan fingerprint density at radius 2 is 1.71 bits per heavy atom. The Labute approximate surface area is 171 Å². The summed E-state index contributed by atoms with van der Waals surface area (Å²) in [7, 11) is 0. The first-order chi connectivity index (χ1) is 14.4. The number of likely N-dealkylation sites (tertiary alicyclic amines) is 1. The number of aromatic nitrogens is 2. The van der Waals surface area contributed by atoms with Crippen LogP contribution in [0.2, 0.25) is 0 Å². The third-order valence-electron chi connectivity index (χ3n) is 5.34. The fourth-order valence-corrected chi connectivity index (χ4v) is 3.77. The lowest BCUT2D eigenvalue weighted by Crippen LogP contribution is -2.28. The summed E-state index contributed by atoms with van der Waals surface area (Å²) >= 11 is 0. The van der Waals surface area contributed by atoms with Crippen LogP contribution in [0, 0.1) is 10.8 Å². The van der Waals surface area contributed by atoms with Crippen molar-refractivity contribution >= 4 is 17.9 Å². The molecule has 31 heavy (non-hydrogen) atoms. The maximum atomic E-state index is 11.5. The molecule has 0 aromatic carbocycles. The van der Waals surface area contributed by atoms with Crippen LogP contribution < -0.4 is 0 Å². The summed E-state index contributed by atoms with van der Waals surface area (Å²) in [5.74, 6) is -4.27. The first kappa shape index (κ1) is 22.2. The molecule has 1 saturated carbocycles. The highest BCUT2D eigenvalue weighted by atomic mass is 19.4. The summed E-state index contributed by atoms with van der Waals surface area (Å²) in [4.78, 5) is 37.8. The summed E-state index contributed by atoms with van der Waals surface area (Å²) in [6.07, 6.45) is -1.55. The maximum Gasteiger partial charge on any atom is 0.490 e. The number of hydrogen-bond acceptors (Lipinski definition) is 7. The molecule has 4 rings (SSSR count). The van der Waals surface area contributed by atoms with Gasteiger partial charge in [-0.3, -0.25) is 19.5 Å². The van der Waals surface area contributed by atoms with Crippen molar-refractivity contribution in [2.45, 2.75) is 19.1 Å². The summed E-state index contributed by atoms with van der Waals surface area (Å²) in [6.45, 7) is 0.743. The van der Waals surface area contributed by atoms with Crippen molar-refractivity contribution in [2.75, 3.05) is 13.1 Å². The van der Waals surface area contributed by atoms with Gasteiger partial charge >= 0.3 is 24.1 Å². The Hall–Kier alpha value is -3.48. The second kappa shape index (κ2) is 7.65. The van der Waals surface area contributed by atoms with Gasteiger partial charge in [0.2, 0.25) is 0 Å². The molecule has 1 saturated heterocycles. The molecule has 2 atom stereocenters. The average molecular weight is 443 g/mol. The van der Waals surface area contributed by atoms with Gasteiger partial charge in [0.25, 0.3) is 0 Å². The van der Waals surface area contributed by atoms with Gasteiger partial charge in [-0.2, -0.15) is 13.2 Å². The van der Waals surface area contributed by atoms with E-state index in [9.17, 15) is 33.0 Å². The molecule has 3 heterocycles. The maximum absolute atomic E-state index is 11.5. The van der Waals surface area contributed by atoms with E-state index < -0.39 is 34.9 Å². The Balaban J connectivity index is 0.000000339. The number of carboxylic acid groups (broad SMARTS) is 3. The van der Waals surface area contributed by atoms with Gasteiger partial charge in [0.1, 0.15) is 5.69 Å². The molecular formula is C18H16F3N3O7. The predicted molar refractivity (Wildman–Crippen MR) is 93.5 cm³/mol. The number of rotatable bonds is 5. The van der Waals surface area contributed by atoms with Crippen LogP contribution in [0.5, 0.6) is 0 Å². The molecule has 166 valence electrons. The van der Waals surface area contributed by atoms with Crippen molar-refractivity contribution < 1.29 is 47.4 Å². The molecule has 0 radical (unpaired) electrons. The molecule has 3 N–H and O–H groups in total. The number of alkyl halides is 3. The minimum atomic E-state index is -5.08. The fraction of sp³-hybridized carbons (Fsp3) is 0.389. The molecule has 2 aromatic heterocycles. The summed E-state index contributed by atoms with van der Waals surface area (Å²) in [6, 6.07) is 5.42. The molecule has 0 unspecified atom stereocenters. The molecule has 10 nitrogen and oxygen atoms in total. The first-order valence-electron chi connectivity index (χ1n) is 8.76. The van der Waals surface area contributed by atoms with Gasteiger partial charge in [-0.25, -0.2) is 4.79 Å². The van der Waals surface area contributed by atoms with Crippen LogP contribution in [0.15, 0.2) is 35.1 Å². The third kappa shape index (κ3) is 4.08. The van der Waals surface area contributed by atoms with E-state index >= 15 is 0 Å². The van der Waals surface area contributed by atoms with Gasteiger partial charge in [0, 0.05) is 37.1 Å². The second-order valence-corrected chi connectivity index (χ2v) is 7.32.